The van der Waals surface area contributed by atoms with Gasteiger partial charge in [0.15, 0.2) is 4.34 Å². The van der Waals surface area contributed by atoms with Crippen LogP contribution in [0.4, 0.5) is 5.13 Å². The summed E-state index contributed by atoms with van der Waals surface area (Å²) in [4.78, 5) is 33.0. The number of para-hydroxylation sites is 2. The highest BCUT2D eigenvalue weighted by molar-refractivity contribution is 8.01. The molecule has 1 aromatic carbocycles. The van der Waals surface area contributed by atoms with Crippen molar-refractivity contribution in [2.45, 2.75) is 10.9 Å². The van der Waals surface area contributed by atoms with Crippen LogP contribution in [-0.4, -0.2) is 88.7 Å². The molecule has 1 fully saturated rings. The number of hydrogen-bond acceptors (Lipinski definition) is 9. The number of benzene rings is 1. The van der Waals surface area contributed by atoms with Gasteiger partial charge in [-0.3, -0.25) is 9.59 Å². The largest absolute Gasteiger partial charge is 0.383 e. The number of piperazine rings is 1. The Morgan fingerprint density at radius 1 is 1.19 bits per heavy atom. The van der Waals surface area contributed by atoms with Gasteiger partial charge in [0.1, 0.15) is 6.54 Å². The second-order valence-electron chi connectivity index (χ2n) is 7.21. The minimum absolute atomic E-state index is 0.0541. The van der Waals surface area contributed by atoms with Gasteiger partial charge in [0.25, 0.3) is 0 Å². The molecule has 0 unspecified atom stereocenters. The van der Waals surface area contributed by atoms with Gasteiger partial charge in [-0.1, -0.05) is 35.2 Å². The van der Waals surface area contributed by atoms with E-state index in [-0.39, 0.29) is 18.4 Å². The van der Waals surface area contributed by atoms with Gasteiger partial charge in [0.2, 0.25) is 16.9 Å². The number of hydrogen-bond donors (Lipinski definition) is 1. The summed E-state index contributed by atoms with van der Waals surface area (Å²) in [6, 6.07) is 7.81. The van der Waals surface area contributed by atoms with Gasteiger partial charge in [-0.25, -0.2) is 4.98 Å². The van der Waals surface area contributed by atoms with Gasteiger partial charge in [0, 0.05) is 39.8 Å². The average Bonchev–Trinajstić information content (AvgIpc) is 3.46. The lowest BCUT2D eigenvalue weighted by Crippen LogP contribution is -2.49. The van der Waals surface area contributed by atoms with Crippen molar-refractivity contribution in [1.29, 1.82) is 0 Å². The van der Waals surface area contributed by atoms with E-state index in [9.17, 15) is 9.59 Å². The summed E-state index contributed by atoms with van der Waals surface area (Å²) in [6.07, 6.45) is 1.72. The Kier molecular flexibility index (Phi) is 7.55. The minimum Gasteiger partial charge on any atom is -0.383 e. The van der Waals surface area contributed by atoms with Crippen molar-refractivity contribution in [3.63, 3.8) is 0 Å². The van der Waals surface area contributed by atoms with Gasteiger partial charge >= 0.3 is 0 Å². The van der Waals surface area contributed by atoms with Crippen molar-refractivity contribution in [1.82, 2.24) is 30.0 Å². The molecule has 0 bridgehead atoms. The van der Waals surface area contributed by atoms with Crippen molar-refractivity contribution in [3.8, 4) is 0 Å². The molecule has 2 amide bonds. The molecule has 0 spiro atoms. The fourth-order valence-electron chi connectivity index (χ4n) is 3.39. The van der Waals surface area contributed by atoms with E-state index in [2.05, 4.69) is 25.4 Å². The van der Waals surface area contributed by atoms with Gasteiger partial charge in [-0.05, 0) is 12.1 Å². The molecule has 10 nitrogen and oxygen atoms in total. The summed E-state index contributed by atoms with van der Waals surface area (Å²) in [7, 11) is 1.60. The Balaban J connectivity index is 1.24. The standard InChI is InChI=1S/C20H25N7O3S2/c1-30-11-6-21-17(28)13-31-20-24-23-19(32-20)26-9-7-25(8-10-26)18(29)12-27-14-22-15-4-2-3-5-16(15)27/h2-5,14H,6-13H2,1H3,(H,21,28). The van der Waals surface area contributed by atoms with Crippen LogP contribution >= 0.6 is 23.1 Å². The van der Waals surface area contributed by atoms with Crippen LogP contribution < -0.4 is 10.2 Å². The zero-order chi connectivity index (χ0) is 22.3. The van der Waals surface area contributed by atoms with Crippen LogP contribution in [0.1, 0.15) is 0 Å². The SMILES string of the molecule is COCCNC(=O)CSc1nnc(N2CCN(C(=O)Cn3cnc4ccccc43)CC2)s1. The zero-order valence-corrected chi connectivity index (χ0v) is 19.4. The maximum atomic E-state index is 12.8. The van der Waals surface area contributed by atoms with E-state index < -0.39 is 0 Å². The quantitative estimate of drug-likeness (QED) is 0.362. The molecule has 3 heterocycles. The molecule has 0 atom stereocenters. The molecule has 3 aromatic rings. The van der Waals surface area contributed by atoms with Gasteiger partial charge < -0.3 is 24.4 Å². The summed E-state index contributed by atoms with van der Waals surface area (Å²) in [5.41, 5.74) is 1.85. The first-order valence-corrected chi connectivity index (χ1v) is 12.1. The van der Waals surface area contributed by atoms with E-state index in [1.54, 1.807) is 13.4 Å². The monoisotopic (exact) mass is 475 g/mol. The molecule has 1 aliphatic heterocycles. The third kappa shape index (κ3) is 5.56. The molecule has 170 valence electrons. The highest BCUT2D eigenvalue weighted by atomic mass is 32.2. The van der Waals surface area contributed by atoms with Crippen LogP contribution in [0, 0.1) is 0 Å². The Labute approximate surface area is 193 Å². The number of aromatic nitrogens is 4. The average molecular weight is 476 g/mol. The van der Waals surface area contributed by atoms with E-state index in [4.69, 9.17) is 4.74 Å². The van der Waals surface area contributed by atoms with Gasteiger partial charge in [0.05, 0.1) is 29.7 Å². The molecule has 0 aliphatic carbocycles. The molecule has 32 heavy (non-hydrogen) atoms. The predicted molar refractivity (Wildman–Crippen MR) is 124 cm³/mol. The second-order valence-corrected chi connectivity index (χ2v) is 9.39. The summed E-state index contributed by atoms with van der Waals surface area (Å²) in [6.45, 7) is 3.95. The van der Waals surface area contributed by atoms with Gasteiger partial charge in [-0.2, -0.15) is 0 Å². The van der Waals surface area contributed by atoms with Gasteiger partial charge in [-0.15, -0.1) is 10.2 Å². The summed E-state index contributed by atoms with van der Waals surface area (Å²) in [5, 5.41) is 12.1. The molecule has 0 radical (unpaired) electrons. The second kappa shape index (κ2) is 10.7. The lowest BCUT2D eigenvalue weighted by molar-refractivity contribution is -0.132. The normalized spacial score (nSPS) is 14.2. The maximum Gasteiger partial charge on any atom is 0.242 e. The maximum absolute atomic E-state index is 12.8. The number of anilines is 1. The van der Waals surface area contributed by atoms with E-state index >= 15 is 0 Å². The molecule has 12 heteroatoms. The Bertz CT molecular complexity index is 1060. The predicted octanol–water partition coefficient (Wildman–Crippen LogP) is 1.09. The number of nitrogens with one attached hydrogen (secondary N) is 1. The topological polar surface area (TPSA) is 105 Å². The molecule has 1 aliphatic rings. The number of carbonyl (C=O) groups excluding carboxylic acids is 2. The number of amides is 2. The summed E-state index contributed by atoms with van der Waals surface area (Å²) >= 11 is 2.84. The number of carbonyl (C=O) groups is 2. The number of nitrogens with zero attached hydrogens (tertiary/aromatic N) is 6. The number of imidazole rings is 1. The number of methoxy groups -OCH3 is 1. The molecule has 1 saturated heterocycles. The number of fused-ring (bicyclic) bond motifs is 1. The third-order valence-corrected chi connectivity index (χ3v) is 7.20. The highest BCUT2D eigenvalue weighted by Crippen LogP contribution is 2.28. The fraction of sp³-hybridized carbons (Fsp3) is 0.450. The molecule has 1 N–H and O–H groups in total. The van der Waals surface area contributed by atoms with E-state index in [1.165, 1.54) is 23.1 Å². The minimum atomic E-state index is -0.0541. The smallest absolute Gasteiger partial charge is 0.242 e. The first-order chi connectivity index (χ1) is 15.6. The number of thioether (sulfide) groups is 1. The van der Waals surface area contributed by atoms with Crippen LogP contribution in [0.3, 0.4) is 0 Å². The van der Waals surface area contributed by atoms with Crippen LogP contribution in [0.5, 0.6) is 0 Å². The van der Waals surface area contributed by atoms with Crippen LogP contribution in [0.15, 0.2) is 34.9 Å². The molecular weight excluding hydrogens is 450 g/mol. The third-order valence-electron chi connectivity index (χ3n) is 5.09. The summed E-state index contributed by atoms with van der Waals surface area (Å²) < 4.78 is 7.56. The lowest BCUT2D eigenvalue weighted by atomic mass is 10.3. The van der Waals surface area contributed by atoms with Crippen molar-refractivity contribution < 1.29 is 14.3 Å². The van der Waals surface area contributed by atoms with Crippen LogP contribution in [0.25, 0.3) is 11.0 Å². The molecular formula is C20H25N7O3S2. The van der Waals surface area contributed by atoms with E-state index in [0.717, 1.165) is 20.5 Å². The Morgan fingerprint density at radius 3 is 2.81 bits per heavy atom. The first kappa shape index (κ1) is 22.5. The van der Waals surface area contributed by atoms with Crippen molar-refractivity contribution in [2.75, 3.05) is 57.1 Å². The van der Waals surface area contributed by atoms with Crippen molar-refractivity contribution >= 4 is 51.1 Å². The summed E-state index contributed by atoms with van der Waals surface area (Å²) in [5.74, 6) is 0.325. The number of rotatable bonds is 9. The van der Waals surface area contributed by atoms with E-state index in [1.807, 2.05) is 33.7 Å². The van der Waals surface area contributed by atoms with Crippen LogP contribution in [0.2, 0.25) is 0 Å². The fourth-order valence-corrected chi connectivity index (χ4v) is 5.11. The molecule has 0 saturated carbocycles. The molecule has 4 rings (SSSR count). The first-order valence-electron chi connectivity index (χ1n) is 10.3. The van der Waals surface area contributed by atoms with Crippen molar-refractivity contribution in [2.24, 2.45) is 0 Å². The zero-order valence-electron chi connectivity index (χ0n) is 17.8. The van der Waals surface area contributed by atoms with E-state index in [0.29, 0.717) is 45.1 Å². The van der Waals surface area contributed by atoms with Crippen LogP contribution in [-0.2, 0) is 20.9 Å². The molecule has 2 aromatic heterocycles. The lowest BCUT2D eigenvalue weighted by Gasteiger charge is -2.34. The Hall–Kier alpha value is -2.70. The Morgan fingerprint density at radius 2 is 2.00 bits per heavy atom. The number of ether oxygens (including phenoxy) is 1. The van der Waals surface area contributed by atoms with Crippen molar-refractivity contribution in [3.05, 3.63) is 30.6 Å². The highest BCUT2D eigenvalue weighted by Gasteiger charge is 2.24.